The number of amides is 2. The van der Waals surface area contributed by atoms with Crippen molar-refractivity contribution in [3.05, 3.63) is 72.2 Å². The standard InChI is InChI=1S/C25H21F2N5O4/c1-14-20(35-2)12-32-21(14)22(28-13-29-32)36-19-8-7-17(11-18(19)27)31-24(34)25(9-10-25)23(33)30-16-5-3-15(26)4-6-16/h3-8,11-13H,9-10H2,1-2H3,(H,30,33)(H,31,34). The van der Waals surface area contributed by atoms with Crippen LogP contribution in [-0.4, -0.2) is 33.5 Å². The van der Waals surface area contributed by atoms with Crippen LogP contribution in [0.5, 0.6) is 17.4 Å². The van der Waals surface area contributed by atoms with Crippen molar-refractivity contribution in [2.24, 2.45) is 5.41 Å². The highest BCUT2D eigenvalue weighted by molar-refractivity contribution is 6.16. The summed E-state index contributed by atoms with van der Waals surface area (Å²) in [7, 11) is 1.53. The van der Waals surface area contributed by atoms with Crippen LogP contribution < -0.4 is 20.1 Å². The second-order valence-corrected chi connectivity index (χ2v) is 8.43. The minimum atomic E-state index is -1.27. The van der Waals surface area contributed by atoms with Gasteiger partial charge < -0.3 is 20.1 Å². The fourth-order valence-electron chi connectivity index (χ4n) is 3.87. The molecule has 2 aromatic carbocycles. The summed E-state index contributed by atoms with van der Waals surface area (Å²) in [4.78, 5) is 29.7. The van der Waals surface area contributed by atoms with Gasteiger partial charge in [0, 0.05) is 23.0 Å². The highest BCUT2D eigenvalue weighted by Crippen LogP contribution is 2.47. The summed E-state index contributed by atoms with van der Waals surface area (Å²) in [5.74, 6) is -1.62. The molecule has 1 fully saturated rings. The molecule has 2 amide bonds. The van der Waals surface area contributed by atoms with Gasteiger partial charge in [0.1, 0.15) is 28.8 Å². The molecule has 9 nitrogen and oxygen atoms in total. The fraction of sp³-hybridized carbons (Fsp3) is 0.200. The molecule has 1 aliphatic rings. The summed E-state index contributed by atoms with van der Waals surface area (Å²) < 4.78 is 40.5. The molecule has 2 heterocycles. The zero-order valence-corrected chi connectivity index (χ0v) is 19.3. The molecule has 0 bridgehead atoms. The number of hydrogen-bond acceptors (Lipinski definition) is 6. The first kappa shape index (κ1) is 23.2. The van der Waals surface area contributed by atoms with Crippen LogP contribution in [0.1, 0.15) is 18.4 Å². The molecule has 5 rings (SSSR count). The van der Waals surface area contributed by atoms with E-state index >= 15 is 0 Å². The van der Waals surface area contributed by atoms with Crippen molar-refractivity contribution in [3.8, 4) is 17.4 Å². The van der Waals surface area contributed by atoms with Gasteiger partial charge in [-0.3, -0.25) is 9.59 Å². The lowest BCUT2D eigenvalue weighted by Crippen LogP contribution is -2.35. The normalized spacial score (nSPS) is 13.8. The first-order valence-corrected chi connectivity index (χ1v) is 11.0. The van der Waals surface area contributed by atoms with Crippen LogP contribution in [0.15, 0.2) is 55.0 Å². The highest BCUT2D eigenvalue weighted by atomic mass is 19.1. The summed E-state index contributed by atoms with van der Waals surface area (Å²) in [5.41, 5.74) is 0.528. The maximum atomic E-state index is 14.9. The number of carbonyl (C=O) groups excluding carboxylic acids is 2. The number of rotatable bonds is 7. The van der Waals surface area contributed by atoms with Crippen molar-refractivity contribution in [1.82, 2.24) is 14.6 Å². The molecule has 0 saturated heterocycles. The Hall–Kier alpha value is -4.54. The average Bonchev–Trinajstić information content (AvgIpc) is 3.61. The molecule has 36 heavy (non-hydrogen) atoms. The number of benzene rings is 2. The summed E-state index contributed by atoms with van der Waals surface area (Å²) in [6.07, 6.45) is 3.63. The highest BCUT2D eigenvalue weighted by Gasteiger charge is 2.56. The predicted molar refractivity (Wildman–Crippen MR) is 126 cm³/mol. The van der Waals surface area contributed by atoms with Gasteiger partial charge in [0.2, 0.25) is 17.7 Å². The molecule has 1 aliphatic carbocycles. The van der Waals surface area contributed by atoms with E-state index in [1.165, 1.54) is 54.4 Å². The summed E-state index contributed by atoms with van der Waals surface area (Å²) in [6.45, 7) is 1.80. The van der Waals surface area contributed by atoms with Gasteiger partial charge in [0.25, 0.3) is 0 Å². The largest absolute Gasteiger partial charge is 0.495 e. The van der Waals surface area contributed by atoms with Crippen LogP contribution in [0.4, 0.5) is 20.2 Å². The maximum absolute atomic E-state index is 14.9. The Morgan fingerprint density at radius 2 is 1.67 bits per heavy atom. The van der Waals surface area contributed by atoms with Crippen molar-refractivity contribution >= 4 is 28.7 Å². The third kappa shape index (κ3) is 4.19. The molecular weight excluding hydrogens is 472 g/mol. The number of ether oxygens (including phenoxy) is 2. The number of nitrogens with one attached hydrogen (secondary N) is 2. The first-order valence-electron chi connectivity index (χ1n) is 11.0. The molecule has 0 spiro atoms. The van der Waals surface area contributed by atoms with E-state index in [1.54, 1.807) is 13.1 Å². The van der Waals surface area contributed by atoms with Gasteiger partial charge in [-0.25, -0.2) is 13.3 Å². The number of halogens is 2. The number of methoxy groups -OCH3 is 1. The van der Waals surface area contributed by atoms with Gasteiger partial charge in [0.05, 0.1) is 13.3 Å². The molecule has 0 aliphatic heterocycles. The summed E-state index contributed by atoms with van der Waals surface area (Å²) in [6, 6.07) is 9.17. The lowest BCUT2D eigenvalue weighted by atomic mass is 10.0. The molecule has 2 N–H and O–H groups in total. The molecule has 11 heteroatoms. The Morgan fingerprint density at radius 1 is 1.00 bits per heavy atom. The number of hydrogen-bond donors (Lipinski definition) is 2. The van der Waals surface area contributed by atoms with Crippen molar-refractivity contribution in [1.29, 1.82) is 0 Å². The van der Waals surface area contributed by atoms with Gasteiger partial charge in [-0.2, -0.15) is 10.1 Å². The number of aromatic nitrogens is 3. The van der Waals surface area contributed by atoms with Crippen LogP contribution in [-0.2, 0) is 9.59 Å². The predicted octanol–water partition coefficient (Wildman–Crippen LogP) is 4.47. The van der Waals surface area contributed by atoms with Crippen LogP contribution in [0.2, 0.25) is 0 Å². The van der Waals surface area contributed by atoms with Crippen LogP contribution >= 0.6 is 0 Å². The summed E-state index contributed by atoms with van der Waals surface area (Å²) in [5, 5.41) is 9.34. The van der Waals surface area contributed by atoms with E-state index in [4.69, 9.17) is 9.47 Å². The van der Waals surface area contributed by atoms with Gasteiger partial charge >= 0.3 is 0 Å². The van der Waals surface area contributed by atoms with E-state index in [1.807, 2.05) is 0 Å². The van der Waals surface area contributed by atoms with E-state index in [2.05, 4.69) is 20.7 Å². The lowest BCUT2D eigenvalue weighted by molar-refractivity contribution is -0.131. The van der Waals surface area contributed by atoms with Gasteiger partial charge in [-0.1, -0.05) is 0 Å². The van der Waals surface area contributed by atoms with Crippen LogP contribution in [0, 0.1) is 24.0 Å². The minimum absolute atomic E-state index is 0.108. The second-order valence-electron chi connectivity index (χ2n) is 8.43. The lowest BCUT2D eigenvalue weighted by Gasteiger charge is -2.16. The van der Waals surface area contributed by atoms with Crippen molar-refractivity contribution in [2.75, 3.05) is 17.7 Å². The Balaban J connectivity index is 1.30. The van der Waals surface area contributed by atoms with Crippen LogP contribution in [0.25, 0.3) is 5.52 Å². The van der Waals surface area contributed by atoms with Crippen molar-refractivity contribution in [3.63, 3.8) is 0 Å². The zero-order valence-electron chi connectivity index (χ0n) is 19.3. The number of nitrogens with zero attached hydrogens (tertiary/aromatic N) is 3. The number of fused-ring (bicyclic) bond motifs is 1. The van der Waals surface area contributed by atoms with E-state index in [0.29, 0.717) is 29.8 Å². The molecule has 0 atom stereocenters. The molecular formula is C25H21F2N5O4. The Morgan fingerprint density at radius 3 is 2.31 bits per heavy atom. The van der Waals surface area contributed by atoms with Gasteiger partial charge in [0.15, 0.2) is 11.6 Å². The third-order valence-corrected chi connectivity index (χ3v) is 6.08. The van der Waals surface area contributed by atoms with Crippen molar-refractivity contribution in [2.45, 2.75) is 19.8 Å². The Bertz CT molecular complexity index is 1480. The SMILES string of the molecule is COc1cn2ncnc(Oc3ccc(NC(=O)C4(C(=O)Nc5ccc(F)cc5)CC4)cc3F)c2c1C. The maximum Gasteiger partial charge on any atom is 0.247 e. The quantitative estimate of drug-likeness (QED) is 0.368. The third-order valence-electron chi connectivity index (χ3n) is 6.08. The molecule has 184 valence electrons. The Kier molecular flexibility index (Phi) is 5.75. The van der Waals surface area contributed by atoms with E-state index in [0.717, 1.165) is 11.6 Å². The van der Waals surface area contributed by atoms with Crippen LogP contribution in [0.3, 0.4) is 0 Å². The zero-order chi connectivity index (χ0) is 25.4. The number of anilines is 2. The molecule has 0 radical (unpaired) electrons. The number of aryl methyl sites for hydroxylation is 1. The van der Waals surface area contributed by atoms with E-state index < -0.39 is 28.9 Å². The molecule has 4 aromatic rings. The molecule has 1 saturated carbocycles. The monoisotopic (exact) mass is 493 g/mol. The first-order chi connectivity index (χ1) is 17.3. The fourth-order valence-corrected chi connectivity index (χ4v) is 3.87. The van der Waals surface area contributed by atoms with Gasteiger partial charge in [-0.05, 0) is 56.2 Å². The topological polar surface area (TPSA) is 107 Å². The van der Waals surface area contributed by atoms with Gasteiger partial charge in [-0.15, -0.1) is 0 Å². The molecule has 0 unspecified atom stereocenters. The number of carbonyl (C=O) groups is 2. The Labute approximate surface area is 204 Å². The smallest absolute Gasteiger partial charge is 0.247 e. The van der Waals surface area contributed by atoms with E-state index in [-0.39, 0.29) is 17.3 Å². The molecule has 2 aromatic heterocycles. The minimum Gasteiger partial charge on any atom is -0.495 e. The second kappa shape index (κ2) is 8.91. The van der Waals surface area contributed by atoms with E-state index in [9.17, 15) is 18.4 Å². The average molecular weight is 493 g/mol. The summed E-state index contributed by atoms with van der Waals surface area (Å²) >= 11 is 0. The van der Waals surface area contributed by atoms with Crippen molar-refractivity contribution < 1.29 is 27.8 Å².